The molecule has 1 fully saturated rings. The minimum atomic E-state index is -1.79. The lowest BCUT2D eigenvalue weighted by atomic mass is 9.99. The summed E-state index contributed by atoms with van der Waals surface area (Å²) in [5.74, 6) is -1.48. The lowest BCUT2D eigenvalue weighted by Gasteiger charge is -2.38. The summed E-state index contributed by atoms with van der Waals surface area (Å²) >= 11 is 0. The van der Waals surface area contributed by atoms with E-state index in [4.69, 9.17) is 14.6 Å². The number of ether oxygens (including phenoxy) is 2. The van der Waals surface area contributed by atoms with Crippen molar-refractivity contribution in [1.82, 2.24) is 0 Å². The Hall–Kier alpha value is -2.78. The minimum absolute atomic E-state index is 0.180. The zero-order valence-corrected chi connectivity index (χ0v) is 14.0. The average molecular weight is 374 g/mol. The van der Waals surface area contributed by atoms with E-state index in [0.29, 0.717) is 11.1 Å². The van der Waals surface area contributed by atoms with Crippen LogP contribution >= 0.6 is 0 Å². The van der Waals surface area contributed by atoms with Gasteiger partial charge in [0.25, 0.3) is 0 Å². The van der Waals surface area contributed by atoms with Crippen molar-refractivity contribution < 1.29 is 39.5 Å². The summed E-state index contributed by atoms with van der Waals surface area (Å²) < 4.78 is 10.4. The van der Waals surface area contributed by atoms with E-state index in [1.807, 2.05) is 0 Å². The maximum Gasteiger partial charge on any atom is 0.335 e. The van der Waals surface area contributed by atoms with E-state index in [9.17, 15) is 24.9 Å². The number of ketones is 1. The second-order valence-corrected chi connectivity index (χ2v) is 6.07. The molecule has 2 aromatic carbocycles. The first kappa shape index (κ1) is 19.0. The zero-order chi connectivity index (χ0) is 19.6. The molecule has 0 amide bonds. The number of aliphatic carboxylic acids is 1. The number of carbonyl (C=O) groups is 2. The molecular formula is C19H18O8. The van der Waals surface area contributed by atoms with Gasteiger partial charge in [0.15, 0.2) is 11.9 Å². The molecule has 0 spiro atoms. The number of hydrogen-bond donors (Lipinski definition) is 4. The quantitative estimate of drug-likeness (QED) is 0.545. The van der Waals surface area contributed by atoms with Gasteiger partial charge in [0.05, 0.1) is 0 Å². The van der Waals surface area contributed by atoms with Gasteiger partial charge >= 0.3 is 5.97 Å². The van der Waals surface area contributed by atoms with E-state index in [-0.39, 0.29) is 11.5 Å². The first-order valence-electron chi connectivity index (χ1n) is 8.17. The molecule has 0 unspecified atom stereocenters. The third-order valence-corrected chi connectivity index (χ3v) is 4.22. The fraction of sp³-hybridized carbons (Fsp3) is 0.263. The SMILES string of the molecule is O=C(c1ccccc1)c1ccc(O[C@@H]2O[C@H](C(=O)O)[C@@H](O)[C@H](O)[C@H]2O)cc1. The van der Waals surface area contributed by atoms with Crippen molar-refractivity contribution in [3.05, 3.63) is 65.7 Å². The highest BCUT2D eigenvalue weighted by Gasteiger charge is 2.48. The van der Waals surface area contributed by atoms with Crippen LogP contribution in [-0.2, 0) is 9.53 Å². The predicted molar refractivity (Wildman–Crippen MR) is 91.3 cm³/mol. The summed E-state index contributed by atoms with van der Waals surface area (Å²) in [6.45, 7) is 0. The van der Waals surface area contributed by atoms with E-state index in [0.717, 1.165) is 0 Å². The van der Waals surface area contributed by atoms with Crippen molar-refractivity contribution in [1.29, 1.82) is 0 Å². The molecule has 8 nitrogen and oxygen atoms in total. The normalized spacial score (nSPS) is 27.7. The van der Waals surface area contributed by atoms with Crippen LogP contribution in [0.3, 0.4) is 0 Å². The van der Waals surface area contributed by atoms with Crippen LogP contribution in [0.4, 0.5) is 0 Å². The molecule has 0 bridgehead atoms. The summed E-state index contributed by atoms with van der Waals surface area (Å²) in [7, 11) is 0. The van der Waals surface area contributed by atoms with E-state index in [1.54, 1.807) is 30.3 Å². The summed E-state index contributed by atoms with van der Waals surface area (Å²) in [5, 5.41) is 38.4. The number of carboxylic acid groups (broad SMARTS) is 1. The van der Waals surface area contributed by atoms with E-state index >= 15 is 0 Å². The Morgan fingerprint density at radius 1 is 0.815 bits per heavy atom. The second kappa shape index (κ2) is 7.85. The molecule has 0 saturated carbocycles. The molecule has 4 N–H and O–H groups in total. The molecule has 27 heavy (non-hydrogen) atoms. The van der Waals surface area contributed by atoms with E-state index in [1.165, 1.54) is 24.3 Å². The molecule has 2 aromatic rings. The predicted octanol–water partition coefficient (Wildman–Crippen LogP) is 0.189. The van der Waals surface area contributed by atoms with Crippen LogP contribution in [0.2, 0.25) is 0 Å². The third-order valence-electron chi connectivity index (χ3n) is 4.22. The number of carboxylic acids is 1. The Kier molecular flexibility index (Phi) is 5.52. The molecule has 3 rings (SSSR count). The Labute approximate surface area is 154 Å². The maximum absolute atomic E-state index is 12.4. The van der Waals surface area contributed by atoms with E-state index in [2.05, 4.69) is 0 Å². The largest absolute Gasteiger partial charge is 0.479 e. The summed E-state index contributed by atoms with van der Waals surface area (Å²) in [4.78, 5) is 23.5. The molecular weight excluding hydrogens is 356 g/mol. The van der Waals surface area contributed by atoms with Crippen LogP contribution in [0.1, 0.15) is 15.9 Å². The molecule has 1 aliphatic rings. The number of aliphatic hydroxyl groups excluding tert-OH is 3. The Morgan fingerprint density at radius 3 is 2.00 bits per heavy atom. The number of hydrogen-bond acceptors (Lipinski definition) is 7. The number of carbonyl (C=O) groups excluding carboxylic acids is 1. The van der Waals surface area contributed by atoms with Crippen LogP contribution < -0.4 is 4.74 Å². The first-order valence-corrected chi connectivity index (χ1v) is 8.17. The van der Waals surface area contributed by atoms with Crippen LogP contribution in [0.25, 0.3) is 0 Å². The van der Waals surface area contributed by atoms with Crippen LogP contribution in [0.15, 0.2) is 54.6 Å². The maximum atomic E-state index is 12.4. The van der Waals surface area contributed by atoms with Crippen molar-refractivity contribution in [3.63, 3.8) is 0 Å². The van der Waals surface area contributed by atoms with Gasteiger partial charge in [-0.25, -0.2) is 4.79 Å². The van der Waals surface area contributed by atoms with Gasteiger partial charge in [0.2, 0.25) is 6.29 Å². The zero-order valence-electron chi connectivity index (χ0n) is 14.0. The molecule has 142 valence electrons. The molecule has 8 heteroatoms. The molecule has 1 heterocycles. The highest BCUT2D eigenvalue weighted by atomic mass is 16.7. The third kappa shape index (κ3) is 3.99. The van der Waals surface area contributed by atoms with Crippen molar-refractivity contribution in [2.24, 2.45) is 0 Å². The fourth-order valence-corrected chi connectivity index (χ4v) is 2.72. The molecule has 5 atom stereocenters. The number of benzene rings is 2. The number of rotatable bonds is 5. The second-order valence-electron chi connectivity index (χ2n) is 6.07. The van der Waals surface area contributed by atoms with Crippen molar-refractivity contribution >= 4 is 11.8 Å². The van der Waals surface area contributed by atoms with Gasteiger partial charge in [-0.1, -0.05) is 30.3 Å². The lowest BCUT2D eigenvalue weighted by Crippen LogP contribution is -2.61. The molecule has 0 radical (unpaired) electrons. The van der Waals surface area contributed by atoms with Gasteiger partial charge in [-0.15, -0.1) is 0 Å². The molecule has 0 aromatic heterocycles. The summed E-state index contributed by atoms with van der Waals surface area (Å²) in [6.07, 6.45) is -8.43. The smallest absolute Gasteiger partial charge is 0.335 e. The van der Waals surface area contributed by atoms with Crippen LogP contribution in [0, 0.1) is 0 Å². The summed E-state index contributed by atoms with van der Waals surface area (Å²) in [6, 6.07) is 14.6. The van der Waals surface area contributed by atoms with Gasteiger partial charge < -0.3 is 29.9 Å². The minimum Gasteiger partial charge on any atom is -0.479 e. The van der Waals surface area contributed by atoms with Crippen molar-refractivity contribution in [2.75, 3.05) is 0 Å². The van der Waals surface area contributed by atoms with E-state index < -0.39 is 36.7 Å². The van der Waals surface area contributed by atoms with Gasteiger partial charge in [-0.2, -0.15) is 0 Å². The Bertz CT molecular complexity index is 804. The molecule has 0 aliphatic carbocycles. The molecule has 1 aliphatic heterocycles. The monoisotopic (exact) mass is 374 g/mol. The van der Waals surface area contributed by atoms with Gasteiger partial charge in [-0.05, 0) is 24.3 Å². The van der Waals surface area contributed by atoms with Gasteiger partial charge in [0.1, 0.15) is 24.1 Å². The van der Waals surface area contributed by atoms with Gasteiger partial charge in [-0.3, -0.25) is 4.79 Å². The van der Waals surface area contributed by atoms with Crippen LogP contribution in [-0.4, -0.2) is 62.9 Å². The summed E-state index contributed by atoms with van der Waals surface area (Å²) in [5.41, 5.74) is 0.941. The average Bonchev–Trinajstić information content (AvgIpc) is 2.69. The lowest BCUT2D eigenvalue weighted by molar-refractivity contribution is -0.271. The van der Waals surface area contributed by atoms with Crippen molar-refractivity contribution in [3.8, 4) is 5.75 Å². The standard InChI is InChI=1S/C19H18O8/c20-13(10-4-2-1-3-5-10)11-6-8-12(9-7-11)26-19-16(23)14(21)15(22)17(27-19)18(24)25/h1-9,14-17,19,21-23H,(H,24,25)/t14-,15-,16+,17-,19+/m0/s1. The Balaban J connectivity index is 1.72. The Morgan fingerprint density at radius 2 is 1.41 bits per heavy atom. The van der Waals surface area contributed by atoms with Gasteiger partial charge in [0, 0.05) is 11.1 Å². The highest BCUT2D eigenvalue weighted by molar-refractivity contribution is 6.08. The van der Waals surface area contributed by atoms with Crippen molar-refractivity contribution in [2.45, 2.75) is 30.7 Å². The molecule has 1 saturated heterocycles. The first-order chi connectivity index (χ1) is 12.9. The fourth-order valence-electron chi connectivity index (χ4n) is 2.72. The number of aliphatic hydroxyl groups is 3. The topological polar surface area (TPSA) is 134 Å². The van der Waals surface area contributed by atoms with Crippen LogP contribution in [0.5, 0.6) is 5.75 Å². The highest BCUT2D eigenvalue weighted by Crippen LogP contribution is 2.25.